The molecule has 2 aromatic carbocycles. The van der Waals surface area contributed by atoms with Gasteiger partial charge in [-0.15, -0.1) is 0 Å². The van der Waals surface area contributed by atoms with Gasteiger partial charge in [0.15, 0.2) is 11.5 Å². The van der Waals surface area contributed by atoms with E-state index in [1.54, 1.807) is 14.2 Å². The number of hydrogen-bond donors (Lipinski definition) is 1. The van der Waals surface area contributed by atoms with E-state index >= 15 is 0 Å². The van der Waals surface area contributed by atoms with Gasteiger partial charge in [-0.2, -0.15) is 0 Å². The van der Waals surface area contributed by atoms with Crippen LogP contribution in [0.5, 0.6) is 11.5 Å². The minimum absolute atomic E-state index is 0.0185. The zero-order valence-electron chi connectivity index (χ0n) is 18.7. The number of halogens is 1. The van der Waals surface area contributed by atoms with Crippen LogP contribution in [0.25, 0.3) is 0 Å². The number of nitrogens with one attached hydrogen (secondary N) is 1. The van der Waals surface area contributed by atoms with E-state index in [0.717, 1.165) is 43.5 Å². The summed E-state index contributed by atoms with van der Waals surface area (Å²) < 4.78 is 16.5. The molecule has 2 aromatic rings. The minimum Gasteiger partial charge on any atom is -0.493 e. The van der Waals surface area contributed by atoms with Crippen LogP contribution in [0.3, 0.4) is 0 Å². The van der Waals surface area contributed by atoms with Gasteiger partial charge in [0.2, 0.25) is 5.91 Å². The van der Waals surface area contributed by atoms with Gasteiger partial charge in [-0.25, -0.2) is 0 Å². The smallest absolute Gasteiger partial charge is 0.230 e. The topological polar surface area (TPSA) is 60.0 Å². The van der Waals surface area contributed by atoms with Gasteiger partial charge in [0.25, 0.3) is 0 Å². The van der Waals surface area contributed by atoms with Crippen LogP contribution in [-0.4, -0.2) is 57.9 Å². The van der Waals surface area contributed by atoms with E-state index < -0.39 is 5.41 Å². The van der Waals surface area contributed by atoms with E-state index in [4.69, 9.17) is 25.8 Å². The summed E-state index contributed by atoms with van der Waals surface area (Å²) in [6, 6.07) is 13.7. The molecule has 0 bridgehead atoms. The molecule has 172 valence electrons. The third-order valence-electron chi connectivity index (χ3n) is 6.77. The summed E-state index contributed by atoms with van der Waals surface area (Å²) >= 11 is 6.07. The lowest BCUT2D eigenvalue weighted by Crippen LogP contribution is -2.51. The van der Waals surface area contributed by atoms with Gasteiger partial charge in [-0.3, -0.25) is 9.69 Å². The maximum Gasteiger partial charge on any atom is 0.230 e. The molecule has 2 aliphatic rings. The van der Waals surface area contributed by atoms with Crippen LogP contribution in [0, 0.1) is 0 Å². The molecule has 1 aliphatic carbocycles. The molecule has 0 aromatic heterocycles. The quantitative estimate of drug-likeness (QED) is 0.648. The average Bonchev–Trinajstić information content (AvgIpc) is 2.80. The zero-order valence-corrected chi connectivity index (χ0v) is 19.5. The van der Waals surface area contributed by atoms with Crippen molar-refractivity contribution in [2.45, 2.75) is 30.7 Å². The Morgan fingerprint density at radius 3 is 2.38 bits per heavy atom. The number of rotatable bonds is 8. The van der Waals surface area contributed by atoms with Gasteiger partial charge in [0.1, 0.15) is 0 Å². The first-order valence-corrected chi connectivity index (χ1v) is 11.5. The van der Waals surface area contributed by atoms with Gasteiger partial charge >= 0.3 is 0 Å². The Bertz CT molecular complexity index is 924. The lowest BCUT2D eigenvalue weighted by molar-refractivity contribution is -0.130. The van der Waals surface area contributed by atoms with Gasteiger partial charge in [0.05, 0.1) is 38.9 Å². The average molecular weight is 459 g/mol. The number of nitrogens with zero attached hydrogens (tertiary/aromatic N) is 1. The third kappa shape index (κ3) is 4.58. The zero-order chi connectivity index (χ0) is 22.6. The number of benzene rings is 2. The number of amides is 1. The number of carbonyl (C=O) groups excluding carboxylic acids is 1. The molecule has 1 atom stereocenters. The molecule has 2 fully saturated rings. The second-order valence-electron chi connectivity index (χ2n) is 8.43. The van der Waals surface area contributed by atoms with Crippen molar-refractivity contribution in [3.8, 4) is 11.5 Å². The molecule has 1 saturated heterocycles. The molecule has 1 N–H and O–H groups in total. The Labute approximate surface area is 194 Å². The molecular formula is C25H31ClN2O4. The monoisotopic (exact) mass is 458 g/mol. The molecule has 1 heterocycles. The molecule has 1 saturated carbocycles. The fourth-order valence-electron chi connectivity index (χ4n) is 4.71. The highest BCUT2D eigenvalue weighted by Gasteiger charge is 2.45. The summed E-state index contributed by atoms with van der Waals surface area (Å²) in [4.78, 5) is 15.8. The van der Waals surface area contributed by atoms with Crippen molar-refractivity contribution in [1.82, 2.24) is 10.2 Å². The standard InChI is InChI=1S/C25H31ClN2O4/c1-30-22-9-4-18(16-23(22)31-2)21(28-12-14-32-15-13-28)17-27-24(29)25(10-3-11-25)19-5-7-20(26)8-6-19/h4-9,16,21H,3,10-15,17H2,1-2H3,(H,27,29). The van der Waals surface area contributed by atoms with E-state index in [1.807, 2.05) is 42.5 Å². The van der Waals surface area contributed by atoms with Crippen LogP contribution in [0.2, 0.25) is 5.02 Å². The van der Waals surface area contributed by atoms with E-state index in [2.05, 4.69) is 10.2 Å². The lowest BCUT2D eigenvalue weighted by atomic mass is 9.64. The fourth-order valence-corrected chi connectivity index (χ4v) is 4.84. The lowest BCUT2D eigenvalue weighted by Gasteiger charge is -2.42. The Balaban J connectivity index is 1.55. The van der Waals surface area contributed by atoms with E-state index in [1.165, 1.54) is 0 Å². The van der Waals surface area contributed by atoms with Crippen molar-refractivity contribution >= 4 is 17.5 Å². The normalized spacial score (nSPS) is 19.0. The summed E-state index contributed by atoms with van der Waals surface area (Å²) in [5, 5.41) is 3.96. The summed E-state index contributed by atoms with van der Waals surface area (Å²) in [6.07, 6.45) is 2.77. The molecule has 1 aliphatic heterocycles. The van der Waals surface area contributed by atoms with Crippen molar-refractivity contribution < 1.29 is 19.0 Å². The highest BCUT2D eigenvalue weighted by Crippen LogP contribution is 2.44. The summed E-state index contributed by atoms with van der Waals surface area (Å²) in [6.45, 7) is 3.52. The minimum atomic E-state index is -0.461. The largest absolute Gasteiger partial charge is 0.493 e. The van der Waals surface area contributed by atoms with Gasteiger partial charge < -0.3 is 19.5 Å². The third-order valence-corrected chi connectivity index (χ3v) is 7.03. The first-order chi connectivity index (χ1) is 15.6. The van der Waals surface area contributed by atoms with E-state index in [9.17, 15) is 4.79 Å². The fraction of sp³-hybridized carbons (Fsp3) is 0.480. The predicted molar refractivity (Wildman–Crippen MR) is 125 cm³/mol. The van der Waals surface area contributed by atoms with Crippen LogP contribution in [0.4, 0.5) is 0 Å². The van der Waals surface area contributed by atoms with Crippen LogP contribution in [0.15, 0.2) is 42.5 Å². The first kappa shape index (κ1) is 22.9. The Hall–Kier alpha value is -2.28. The highest BCUT2D eigenvalue weighted by molar-refractivity contribution is 6.30. The van der Waals surface area contributed by atoms with Crippen molar-refractivity contribution in [2.24, 2.45) is 0 Å². The molecule has 1 unspecified atom stereocenters. The van der Waals surface area contributed by atoms with Crippen molar-refractivity contribution in [2.75, 3.05) is 47.1 Å². The maximum atomic E-state index is 13.4. The maximum absolute atomic E-state index is 13.4. The van der Waals surface area contributed by atoms with Gasteiger partial charge in [-0.05, 0) is 48.2 Å². The molecular weight excluding hydrogens is 428 g/mol. The molecule has 0 spiro atoms. The summed E-state index contributed by atoms with van der Waals surface area (Å²) in [5.74, 6) is 1.47. The molecule has 32 heavy (non-hydrogen) atoms. The van der Waals surface area contributed by atoms with Crippen LogP contribution in [-0.2, 0) is 14.9 Å². The number of morpholine rings is 1. The van der Waals surface area contributed by atoms with Crippen molar-refractivity contribution in [1.29, 1.82) is 0 Å². The number of hydrogen-bond acceptors (Lipinski definition) is 5. The highest BCUT2D eigenvalue weighted by atomic mass is 35.5. The van der Waals surface area contributed by atoms with Crippen LogP contribution in [0.1, 0.15) is 36.4 Å². The molecule has 1 amide bonds. The van der Waals surface area contributed by atoms with Crippen molar-refractivity contribution in [3.05, 3.63) is 58.6 Å². The molecule has 0 radical (unpaired) electrons. The number of ether oxygens (including phenoxy) is 3. The van der Waals surface area contributed by atoms with Crippen LogP contribution < -0.4 is 14.8 Å². The number of carbonyl (C=O) groups is 1. The SMILES string of the molecule is COc1ccc(C(CNC(=O)C2(c3ccc(Cl)cc3)CCC2)N2CCOCC2)cc1OC. The Morgan fingerprint density at radius 1 is 1.09 bits per heavy atom. The second kappa shape index (κ2) is 10.1. The summed E-state index contributed by atoms with van der Waals surface area (Å²) in [5.41, 5.74) is 1.66. The van der Waals surface area contributed by atoms with E-state index in [-0.39, 0.29) is 11.9 Å². The Morgan fingerprint density at radius 2 is 1.78 bits per heavy atom. The Kier molecular flexibility index (Phi) is 7.23. The molecule has 6 nitrogen and oxygen atoms in total. The molecule has 4 rings (SSSR count). The number of methoxy groups -OCH3 is 2. The van der Waals surface area contributed by atoms with Gasteiger partial charge in [0, 0.05) is 24.7 Å². The van der Waals surface area contributed by atoms with E-state index in [0.29, 0.717) is 36.3 Å². The second-order valence-corrected chi connectivity index (χ2v) is 8.87. The van der Waals surface area contributed by atoms with Crippen molar-refractivity contribution in [3.63, 3.8) is 0 Å². The predicted octanol–water partition coefficient (Wildman–Crippen LogP) is 3.97. The summed E-state index contributed by atoms with van der Waals surface area (Å²) in [7, 11) is 3.27. The van der Waals surface area contributed by atoms with Crippen LogP contribution >= 0.6 is 11.6 Å². The molecule has 7 heteroatoms. The van der Waals surface area contributed by atoms with Gasteiger partial charge in [-0.1, -0.05) is 36.2 Å². The first-order valence-electron chi connectivity index (χ1n) is 11.2.